The number of phenolic OH excluding ortho intramolecular Hbond substituents is 1. The largest absolute Gasteiger partial charge is 0.508 e. The molecule has 2 aromatic carbocycles. The molecular weight excluding hydrogens is 1110 g/mol. The first kappa shape index (κ1) is 64.3. The van der Waals surface area contributed by atoms with E-state index >= 15 is 0 Å². The first-order valence-corrected chi connectivity index (χ1v) is 27.0. The minimum Gasteiger partial charge on any atom is -0.508 e. The van der Waals surface area contributed by atoms with Gasteiger partial charge in [-0.2, -0.15) is 79.0 Å². The lowest BCUT2D eigenvalue weighted by Gasteiger charge is -2.50. The third-order valence-corrected chi connectivity index (χ3v) is 19.0. The zero-order chi connectivity index (χ0) is 59.5. The zero-order valence-electron chi connectivity index (χ0n) is 45.0. The summed E-state index contributed by atoms with van der Waals surface area (Å²) in [5.41, 5.74) is -5.94. The molecule has 80 heavy (non-hydrogen) atoms. The number of likely N-dealkylation sites (N-methyl/N-ethyl adjacent to an activating group) is 2. The molecule has 0 amide bonds. The average molecular weight is 1180 g/mol. The van der Waals surface area contributed by atoms with Crippen LogP contribution in [0.15, 0.2) is 36.4 Å². The topological polar surface area (TPSA) is 63.6 Å². The monoisotopic (exact) mass is 1180 g/mol. The smallest absolute Gasteiger partial charge is 0.435 e. The van der Waals surface area contributed by atoms with Gasteiger partial charge in [0.15, 0.2) is 0 Å². The Hall–Kier alpha value is -3.26. The van der Waals surface area contributed by atoms with Crippen LogP contribution in [0.5, 0.6) is 5.75 Å². The fraction of sp³-hybridized carbons (Fsp3) is 0.782. The van der Waals surface area contributed by atoms with Gasteiger partial charge >= 0.3 is 48.3 Å². The Balaban J connectivity index is 0.000000231. The molecule has 0 aromatic heterocycles. The van der Waals surface area contributed by atoms with Crippen molar-refractivity contribution >= 4 is 0 Å². The van der Waals surface area contributed by atoms with Crippen molar-refractivity contribution in [2.75, 3.05) is 66.7 Å². The summed E-state index contributed by atoms with van der Waals surface area (Å²) in [6.07, 6.45) is -28.7. The van der Waals surface area contributed by atoms with Crippen molar-refractivity contribution in [3.8, 4) is 5.75 Å². The highest BCUT2D eigenvalue weighted by Crippen LogP contribution is 2.64. The van der Waals surface area contributed by atoms with Crippen LogP contribution in [-0.4, -0.2) is 142 Å². The molecule has 8 rings (SSSR count). The average Bonchev–Trinajstić information content (AvgIpc) is 3.96. The molecule has 2 aromatic rings. The number of hydrogen-bond acceptors (Lipinski definition) is 7. The van der Waals surface area contributed by atoms with E-state index in [4.69, 9.17) is 9.47 Å². The predicted molar refractivity (Wildman–Crippen MR) is 257 cm³/mol. The van der Waals surface area contributed by atoms with E-state index in [2.05, 4.69) is 48.4 Å². The van der Waals surface area contributed by atoms with Gasteiger partial charge in [0, 0.05) is 26.2 Å². The molecule has 6 aliphatic carbocycles. The van der Waals surface area contributed by atoms with E-state index < -0.39 is 74.6 Å². The van der Waals surface area contributed by atoms with E-state index in [9.17, 15) is 84.1 Å². The Bertz CT molecular complexity index is 2170. The van der Waals surface area contributed by atoms with Crippen LogP contribution in [0.4, 0.5) is 79.0 Å². The quantitative estimate of drug-likeness (QED) is 0.168. The van der Waals surface area contributed by atoms with Crippen LogP contribution in [0, 0.1) is 41.4 Å². The number of rotatable bonds is 16. The Morgan fingerprint density at radius 1 is 0.475 bits per heavy atom. The lowest BCUT2D eigenvalue weighted by atomic mass is 9.55. The van der Waals surface area contributed by atoms with E-state index in [-0.39, 0.29) is 55.1 Å². The summed E-state index contributed by atoms with van der Waals surface area (Å²) >= 11 is 0. The molecule has 7 nitrogen and oxygen atoms in total. The Labute approximate surface area is 453 Å². The van der Waals surface area contributed by atoms with Crippen molar-refractivity contribution < 1.29 is 103 Å². The highest BCUT2D eigenvalue weighted by molar-refractivity contribution is 5.40. The molecule has 25 heteroatoms. The summed E-state index contributed by atoms with van der Waals surface area (Å²) in [4.78, 5) is 2.59. The summed E-state index contributed by atoms with van der Waals surface area (Å²) in [6.45, 7) is 3.07. The van der Waals surface area contributed by atoms with Gasteiger partial charge < -0.3 is 33.9 Å². The number of phenols is 1. The van der Waals surface area contributed by atoms with Crippen LogP contribution < -0.4 is 0 Å². The normalized spacial score (nSPS) is 29.3. The van der Waals surface area contributed by atoms with Crippen molar-refractivity contribution in [3.63, 3.8) is 0 Å². The van der Waals surface area contributed by atoms with E-state index in [0.29, 0.717) is 35.5 Å². The van der Waals surface area contributed by atoms with Gasteiger partial charge in [-0.1, -0.05) is 43.7 Å². The number of fused-ring (bicyclic) bond motifs is 10. The van der Waals surface area contributed by atoms with Crippen molar-refractivity contribution in [1.29, 1.82) is 0 Å². The van der Waals surface area contributed by atoms with Gasteiger partial charge in [0.25, 0.3) is 0 Å². The maximum atomic E-state index is 13.0. The number of hydrogen-bond donors (Lipinski definition) is 1. The van der Waals surface area contributed by atoms with Gasteiger partial charge in [0.1, 0.15) is 5.75 Å². The standard InChI is InChI=1S/C28H36F9NO2.C27H34F9NO3/c1-17-4-6-19-18(16-17)5-7-21-20(19)10-11-24(2)22(21)8-9-23(24)39-14-12-38(3)13-15-40-25(26(29,30)31,27(32,33)34)28(35,36)37;1-23-10-9-19-18-6-4-17(38)15-16(18)3-5-20(19)21(23)7-8-22(23)39-13-11-37(2)12-14-40-24(25(28,29)30,26(31,32)33)27(34,35)36/h4,6,16,20-23H,5,7-15H2,1-3H3;4,6,15,19-22,38H,3,5,7-14H2,1-2H3/t20?,21?,22?,23-,24-;19?,20?,21?,22-,23-/m00/s1. The third kappa shape index (κ3) is 12.2. The Morgan fingerprint density at radius 3 is 1.20 bits per heavy atom. The van der Waals surface area contributed by atoms with E-state index in [0.717, 1.165) is 77.0 Å². The zero-order valence-corrected chi connectivity index (χ0v) is 45.0. The molecule has 0 bridgehead atoms. The SMILES string of the molecule is CN(CCO[C@H]1CCC2C3CCc4cc(O)ccc4C3CC[C@@]21C)CCOC(C(F)(F)F)(C(F)(F)F)C(F)(F)F.Cc1ccc2c(c1)CCC1C2CC[C@@]2(C)C1CC[C@@H]2OCCN(C)CCOC(C(F)(F)F)(C(F)(F)F)C(F)(F)F. The van der Waals surface area contributed by atoms with Crippen LogP contribution in [0.2, 0.25) is 0 Å². The molecule has 0 spiro atoms. The molecule has 6 aliphatic rings. The number of halogens is 18. The molecule has 0 saturated heterocycles. The maximum absolute atomic E-state index is 13.0. The summed E-state index contributed by atoms with van der Waals surface area (Å²) in [7, 11) is 2.75. The second-order valence-electron chi connectivity index (χ2n) is 23.5. The van der Waals surface area contributed by atoms with Gasteiger partial charge in [-0.05, 0) is 179 Å². The minimum atomic E-state index is -6.74. The third-order valence-electron chi connectivity index (χ3n) is 19.0. The Morgan fingerprint density at radius 2 is 0.825 bits per heavy atom. The second kappa shape index (κ2) is 23.3. The number of aromatic hydroxyl groups is 1. The van der Waals surface area contributed by atoms with E-state index in [1.165, 1.54) is 51.7 Å². The van der Waals surface area contributed by atoms with Crippen molar-refractivity contribution in [2.24, 2.45) is 34.5 Å². The van der Waals surface area contributed by atoms with Crippen LogP contribution in [-0.2, 0) is 31.8 Å². The first-order valence-electron chi connectivity index (χ1n) is 27.0. The molecule has 0 heterocycles. The fourth-order valence-corrected chi connectivity index (χ4v) is 14.8. The molecular formula is C55H70F18N2O5. The van der Waals surface area contributed by atoms with Gasteiger partial charge in [-0.25, -0.2) is 0 Å². The second-order valence-corrected chi connectivity index (χ2v) is 23.5. The maximum Gasteiger partial charge on any atom is 0.435 e. The van der Waals surface area contributed by atoms with Crippen molar-refractivity contribution in [3.05, 3.63) is 64.2 Å². The lowest BCUT2D eigenvalue weighted by molar-refractivity contribution is -0.458. The predicted octanol–water partition coefficient (Wildman–Crippen LogP) is 14.6. The van der Waals surface area contributed by atoms with E-state index in [1.807, 2.05) is 12.1 Å². The molecule has 4 saturated carbocycles. The highest BCUT2D eigenvalue weighted by Gasteiger charge is 2.86. The van der Waals surface area contributed by atoms with Gasteiger partial charge in [0.2, 0.25) is 0 Å². The molecule has 0 aliphatic heterocycles. The molecule has 10 atom stereocenters. The Kier molecular flexibility index (Phi) is 18.7. The molecule has 4 fully saturated rings. The van der Waals surface area contributed by atoms with Crippen LogP contribution in [0.3, 0.4) is 0 Å². The lowest BCUT2D eigenvalue weighted by Crippen LogP contribution is -2.68. The molecule has 1 N–H and O–H groups in total. The van der Waals surface area contributed by atoms with Crippen molar-refractivity contribution in [2.45, 2.75) is 170 Å². The summed E-state index contributed by atoms with van der Waals surface area (Å²) in [6, 6.07) is 12.3. The minimum absolute atomic E-state index is 0.0310. The van der Waals surface area contributed by atoms with Gasteiger partial charge in [-0.15, -0.1) is 0 Å². The molecule has 456 valence electrons. The van der Waals surface area contributed by atoms with Gasteiger partial charge in [-0.3, -0.25) is 0 Å². The number of nitrogens with zero attached hydrogens (tertiary/aromatic N) is 2. The highest BCUT2D eigenvalue weighted by atomic mass is 19.4. The number of benzene rings is 2. The van der Waals surface area contributed by atoms with Gasteiger partial charge in [0.05, 0.1) is 38.6 Å². The number of aryl methyl sites for hydroxylation is 3. The molecule has 6 unspecified atom stereocenters. The summed E-state index contributed by atoms with van der Waals surface area (Å²) in [5.74, 6) is 3.21. The van der Waals surface area contributed by atoms with Crippen molar-refractivity contribution in [1.82, 2.24) is 9.80 Å². The fourth-order valence-electron chi connectivity index (χ4n) is 14.8. The number of ether oxygens (including phenoxy) is 4. The van der Waals surface area contributed by atoms with Crippen LogP contribution in [0.1, 0.15) is 118 Å². The molecule has 0 radical (unpaired) electrons. The summed E-state index contributed by atoms with van der Waals surface area (Å²) < 4.78 is 254. The van der Waals surface area contributed by atoms with Crippen LogP contribution >= 0.6 is 0 Å². The van der Waals surface area contributed by atoms with Crippen LogP contribution in [0.25, 0.3) is 0 Å². The number of alkyl halides is 18. The van der Waals surface area contributed by atoms with E-state index in [1.54, 1.807) is 6.07 Å². The first-order chi connectivity index (χ1) is 36.8. The summed E-state index contributed by atoms with van der Waals surface area (Å²) in [5, 5.41) is 9.85.